The summed E-state index contributed by atoms with van der Waals surface area (Å²) in [5.41, 5.74) is 3.49. The lowest BCUT2D eigenvalue weighted by Gasteiger charge is -2.18. The highest BCUT2D eigenvalue weighted by molar-refractivity contribution is 6.30. The Hall–Kier alpha value is -1.32. The molecule has 1 unspecified atom stereocenters. The zero-order valence-electron chi connectivity index (χ0n) is 11.7. The molecule has 0 saturated carbocycles. The molecule has 0 spiro atoms. The highest BCUT2D eigenvalue weighted by Crippen LogP contribution is 2.20. The van der Waals surface area contributed by atoms with Crippen LogP contribution in [0, 0.1) is 6.92 Å². The molecule has 0 aliphatic heterocycles. The van der Waals surface area contributed by atoms with Crippen LogP contribution >= 0.6 is 11.6 Å². The first-order valence-corrected chi connectivity index (χ1v) is 6.96. The van der Waals surface area contributed by atoms with Gasteiger partial charge in [0.1, 0.15) is 0 Å². The topological polar surface area (TPSA) is 29.9 Å². The zero-order chi connectivity index (χ0) is 13.8. The predicted octanol–water partition coefficient (Wildman–Crippen LogP) is 3.28. The van der Waals surface area contributed by atoms with Gasteiger partial charge in [0.25, 0.3) is 0 Å². The van der Waals surface area contributed by atoms with Gasteiger partial charge >= 0.3 is 0 Å². The maximum Gasteiger partial charge on any atom is 0.0597 e. The molecular formula is C15H20ClN3. The SMILES string of the molecule is CCNC(Cc1cccc(Cl)c1)c1cc(C)nn1C. The number of nitrogens with zero attached hydrogens (tertiary/aromatic N) is 2. The van der Waals surface area contributed by atoms with Gasteiger partial charge in [0.2, 0.25) is 0 Å². The van der Waals surface area contributed by atoms with Crippen LogP contribution in [-0.4, -0.2) is 16.3 Å². The van der Waals surface area contributed by atoms with Crippen molar-refractivity contribution >= 4 is 11.6 Å². The smallest absolute Gasteiger partial charge is 0.0597 e. The van der Waals surface area contributed by atoms with Gasteiger partial charge in [-0.05, 0) is 43.7 Å². The number of hydrogen-bond acceptors (Lipinski definition) is 2. The minimum absolute atomic E-state index is 0.259. The molecule has 1 aromatic carbocycles. The largest absolute Gasteiger partial charge is 0.309 e. The van der Waals surface area contributed by atoms with Gasteiger partial charge in [-0.15, -0.1) is 0 Å². The molecule has 1 aromatic heterocycles. The van der Waals surface area contributed by atoms with Crippen LogP contribution in [0.3, 0.4) is 0 Å². The first-order chi connectivity index (χ1) is 9.10. The van der Waals surface area contributed by atoms with E-state index < -0.39 is 0 Å². The van der Waals surface area contributed by atoms with E-state index in [-0.39, 0.29) is 6.04 Å². The fourth-order valence-electron chi connectivity index (χ4n) is 2.38. The highest BCUT2D eigenvalue weighted by atomic mass is 35.5. The summed E-state index contributed by atoms with van der Waals surface area (Å²) in [5.74, 6) is 0. The van der Waals surface area contributed by atoms with E-state index in [1.807, 2.05) is 36.9 Å². The van der Waals surface area contributed by atoms with E-state index in [0.29, 0.717) is 0 Å². The number of likely N-dealkylation sites (N-methyl/N-ethyl adjacent to an activating group) is 1. The van der Waals surface area contributed by atoms with Crippen molar-refractivity contribution in [3.8, 4) is 0 Å². The normalized spacial score (nSPS) is 12.6. The third-order valence-electron chi connectivity index (χ3n) is 3.17. The molecule has 0 radical (unpaired) electrons. The van der Waals surface area contributed by atoms with Crippen LogP contribution in [0.25, 0.3) is 0 Å². The molecule has 3 nitrogen and oxygen atoms in total. The Kier molecular flexibility index (Phi) is 4.61. The van der Waals surface area contributed by atoms with Crippen LogP contribution in [0.5, 0.6) is 0 Å². The summed E-state index contributed by atoms with van der Waals surface area (Å²) < 4.78 is 1.95. The van der Waals surface area contributed by atoms with Crippen LogP contribution in [-0.2, 0) is 13.5 Å². The van der Waals surface area contributed by atoms with Crippen LogP contribution in [0.2, 0.25) is 5.02 Å². The van der Waals surface area contributed by atoms with Crippen molar-refractivity contribution in [3.05, 3.63) is 52.3 Å². The molecule has 2 rings (SSSR count). The molecule has 0 saturated heterocycles. The van der Waals surface area contributed by atoms with Crippen LogP contribution in [0.1, 0.15) is 29.9 Å². The lowest BCUT2D eigenvalue weighted by atomic mass is 10.0. The maximum absolute atomic E-state index is 6.05. The highest BCUT2D eigenvalue weighted by Gasteiger charge is 2.15. The van der Waals surface area contributed by atoms with E-state index in [2.05, 4.69) is 29.5 Å². The molecule has 0 fully saturated rings. The molecule has 1 heterocycles. The standard InChI is InChI=1S/C15H20ClN3/c1-4-17-14(15-8-11(2)18-19(15)3)10-12-6-5-7-13(16)9-12/h5-9,14,17H,4,10H2,1-3H3. The molecule has 4 heteroatoms. The van der Waals surface area contributed by atoms with Crippen molar-refractivity contribution < 1.29 is 0 Å². The fourth-order valence-corrected chi connectivity index (χ4v) is 2.60. The average Bonchev–Trinajstić information content (AvgIpc) is 2.68. The van der Waals surface area contributed by atoms with Gasteiger partial charge in [0.05, 0.1) is 17.4 Å². The molecule has 1 atom stereocenters. The molecule has 19 heavy (non-hydrogen) atoms. The van der Waals surface area contributed by atoms with E-state index in [0.717, 1.165) is 23.7 Å². The summed E-state index contributed by atoms with van der Waals surface area (Å²) in [7, 11) is 1.99. The van der Waals surface area contributed by atoms with E-state index in [1.54, 1.807) is 0 Å². The van der Waals surface area contributed by atoms with E-state index in [9.17, 15) is 0 Å². The Morgan fingerprint density at radius 1 is 1.37 bits per heavy atom. The first-order valence-electron chi connectivity index (χ1n) is 6.58. The van der Waals surface area contributed by atoms with Crippen molar-refractivity contribution in [2.24, 2.45) is 7.05 Å². The number of hydrogen-bond donors (Lipinski definition) is 1. The van der Waals surface area contributed by atoms with E-state index in [4.69, 9.17) is 11.6 Å². The Labute approximate surface area is 119 Å². The molecule has 1 N–H and O–H groups in total. The van der Waals surface area contributed by atoms with Gasteiger partial charge < -0.3 is 5.32 Å². The predicted molar refractivity (Wildman–Crippen MR) is 79.5 cm³/mol. The Morgan fingerprint density at radius 2 is 2.16 bits per heavy atom. The van der Waals surface area contributed by atoms with E-state index >= 15 is 0 Å². The van der Waals surface area contributed by atoms with Crippen molar-refractivity contribution in [2.75, 3.05) is 6.54 Å². The van der Waals surface area contributed by atoms with Crippen molar-refractivity contribution in [1.29, 1.82) is 0 Å². The van der Waals surface area contributed by atoms with Crippen LogP contribution < -0.4 is 5.32 Å². The summed E-state index contributed by atoms with van der Waals surface area (Å²) in [5, 5.41) is 8.73. The quantitative estimate of drug-likeness (QED) is 0.909. The summed E-state index contributed by atoms with van der Waals surface area (Å²) in [6, 6.07) is 10.4. The summed E-state index contributed by atoms with van der Waals surface area (Å²) in [6.07, 6.45) is 0.910. The first kappa shape index (κ1) is 14.1. The molecule has 102 valence electrons. The van der Waals surface area contributed by atoms with Gasteiger partial charge in [-0.1, -0.05) is 30.7 Å². The van der Waals surface area contributed by atoms with Gasteiger partial charge in [-0.2, -0.15) is 5.10 Å². The third-order valence-corrected chi connectivity index (χ3v) is 3.41. The molecule has 2 aromatic rings. The number of rotatable bonds is 5. The Balaban J connectivity index is 2.23. The number of nitrogens with one attached hydrogen (secondary N) is 1. The number of aromatic nitrogens is 2. The second kappa shape index (κ2) is 6.22. The Bertz CT molecular complexity index is 548. The summed E-state index contributed by atoms with van der Waals surface area (Å²) >= 11 is 6.05. The van der Waals surface area contributed by atoms with Crippen LogP contribution in [0.15, 0.2) is 30.3 Å². The minimum Gasteiger partial charge on any atom is -0.309 e. The van der Waals surface area contributed by atoms with E-state index in [1.165, 1.54) is 11.3 Å². The van der Waals surface area contributed by atoms with Gasteiger partial charge in [0, 0.05) is 12.1 Å². The molecule has 0 aliphatic rings. The third kappa shape index (κ3) is 3.58. The van der Waals surface area contributed by atoms with Crippen molar-refractivity contribution in [1.82, 2.24) is 15.1 Å². The lowest BCUT2D eigenvalue weighted by Crippen LogP contribution is -2.25. The number of benzene rings is 1. The zero-order valence-corrected chi connectivity index (χ0v) is 12.4. The summed E-state index contributed by atoms with van der Waals surface area (Å²) in [6.45, 7) is 5.07. The number of aryl methyl sites for hydroxylation is 2. The molecule has 0 bridgehead atoms. The monoisotopic (exact) mass is 277 g/mol. The molecule has 0 amide bonds. The van der Waals surface area contributed by atoms with Crippen molar-refractivity contribution in [2.45, 2.75) is 26.3 Å². The van der Waals surface area contributed by atoms with Crippen LogP contribution in [0.4, 0.5) is 0 Å². The van der Waals surface area contributed by atoms with Crippen molar-refractivity contribution in [3.63, 3.8) is 0 Å². The minimum atomic E-state index is 0.259. The molecule has 0 aliphatic carbocycles. The fraction of sp³-hybridized carbons (Fsp3) is 0.400. The second-order valence-corrected chi connectivity index (χ2v) is 5.21. The van der Waals surface area contributed by atoms with Gasteiger partial charge in [-0.25, -0.2) is 0 Å². The van der Waals surface area contributed by atoms with Gasteiger partial charge in [0.15, 0.2) is 0 Å². The number of halogens is 1. The van der Waals surface area contributed by atoms with Gasteiger partial charge in [-0.3, -0.25) is 4.68 Å². The maximum atomic E-state index is 6.05. The second-order valence-electron chi connectivity index (χ2n) is 4.78. The molecular weight excluding hydrogens is 258 g/mol. The summed E-state index contributed by atoms with van der Waals surface area (Å²) in [4.78, 5) is 0. The lowest BCUT2D eigenvalue weighted by molar-refractivity contribution is 0.507. The Morgan fingerprint density at radius 3 is 2.74 bits per heavy atom. The average molecular weight is 278 g/mol.